The normalized spacial score (nSPS) is 34.8. The zero-order chi connectivity index (χ0) is 14.0. The van der Waals surface area contributed by atoms with Crippen LogP contribution in [0.4, 0.5) is 0 Å². The van der Waals surface area contributed by atoms with E-state index < -0.39 is 0 Å². The van der Waals surface area contributed by atoms with Crippen LogP contribution in [0.5, 0.6) is 0 Å². The van der Waals surface area contributed by atoms with E-state index in [1.807, 2.05) is 0 Å². The van der Waals surface area contributed by atoms with Gasteiger partial charge in [0.05, 0.1) is 0 Å². The highest BCUT2D eigenvalue weighted by atomic mass is 14.5. The van der Waals surface area contributed by atoms with Gasteiger partial charge in [-0.1, -0.05) is 63.3 Å². The summed E-state index contributed by atoms with van der Waals surface area (Å²) in [4.78, 5) is 0. The van der Waals surface area contributed by atoms with Crippen LogP contribution in [-0.2, 0) is 0 Å². The summed E-state index contributed by atoms with van der Waals surface area (Å²) in [6.07, 6.45) is 21.6. The molecule has 0 heteroatoms. The second-order valence-electron chi connectivity index (χ2n) is 7.88. The van der Waals surface area contributed by atoms with E-state index in [0.717, 1.165) is 17.8 Å². The van der Waals surface area contributed by atoms with E-state index in [9.17, 15) is 0 Å². The van der Waals surface area contributed by atoms with Crippen molar-refractivity contribution in [2.24, 2.45) is 23.2 Å². The molecule has 20 heavy (non-hydrogen) atoms. The first-order valence-electron chi connectivity index (χ1n) is 9.07. The predicted octanol–water partition coefficient (Wildman–Crippen LogP) is 6.29. The van der Waals surface area contributed by atoms with Gasteiger partial charge in [0, 0.05) is 0 Å². The van der Waals surface area contributed by atoms with E-state index in [2.05, 4.69) is 32.1 Å². The van der Waals surface area contributed by atoms with Crippen molar-refractivity contribution in [3.05, 3.63) is 23.8 Å². The fraction of sp³-hybridized carbons (Fsp3) is 0.800. The Bertz CT molecular complexity index is 375. The van der Waals surface area contributed by atoms with Gasteiger partial charge >= 0.3 is 0 Å². The smallest absolute Gasteiger partial charge is 0.00567 e. The van der Waals surface area contributed by atoms with Crippen molar-refractivity contribution in [3.63, 3.8) is 0 Å². The first kappa shape index (κ1) is 14.4. The molecule has 112 valence electrons. The predicted molar refractivity (Wildman–Crippen MR) is 87.6 cm³/mol. The van der Waals surface area contributed by atoms with E-state index in [1.54, 1.807) is 5.57 Å². The van der Waals surface area contributed by atoms with E-state index in [0.29, 0.717) is 5.41 Å². The Morgan fingerprint density at radius 3 is 2.20 bits per heavy atom. The van der Waals surface area contributed by atoms with Crippen molar-refractivity contribution in [2.75, 3.05) is 0 Å². The van der Waals surface area contributed by atoms with E-state index in [1.165, 1.54) is 64.2 Å². The maximum Gasteiger partial charge on any atom is -0.00567 e. The molecule has 0 radical (unpaired) electrons. The first-order chi connectivity index (χ1) is 9.71. The first-order valence-corrected chi connectivity index (χ1v) is 9.07. The average Bonchev–Trinajstić information content (AvgIpc) is 3.03. The number of allylic oxidation sites excluding steroid dienone is 4. The zero-order valence-corrected chi connectivity index (χ0v) is 13.5. The third-order valence-electron chi connectivity index (χ3n) is 6.77. The maximum absolute atomic E-state index is 2.65. The summed E-state index contributed by atoms with van der Waals surface area (Å²) in [7, 11) is 0. The molecule has 1 unspecified atom stereocenters. The quantitative estimate of drug-likeness (QED) is 0.566. The summed E-state index contributed by atoms with van der Waals surface area (Å²) in [5.74, 6) is 2.90. The molecule has 2 fully saturated rings. The zero-order valence-electron chi connectivity index (χ0n) is 13.5. The van der Waals surface area contributed by atoms with E-state index >= 15 is 0 Å². The number of hydrogen-bond donors (Lipinski definition) is 0. The third-order valence-corrected chi connectivity index (χ3v) is 6.77. The van der Waals surface area contributed by atoms with Gasteiger partial charge in [-0.25, -0.2) is 0 Å². The van der Waals surface area contributed by atoms with Gasteiger partial charge in [0.15, 0.2) is 0 Å². The number of hydrogen-bond acceptors (Lipinski definition) is 0. The molecule has 3 aliphatic rings. The molecule has 0 nitrogen and oxygen atoms in total. The molecule has 3 aliphatic carbocycles. The second-order valence-corrected chi connectivity index (χ2v) is 7.88. The molecular weight excluding hydrogens is 240 g/mol. The molecular formula is C20H32. The molecule has 0 bridgehead atoms. The van der Waals surface area contributed by atoms with Gasteiger partial charge in [0.1, 0.15) is 0 Å². The largest absolute Gasteiger partial charge is 0.0842 e. The molecule has 0 heterocycles. The summed E-state index contributed by atoms with van der Waals surface area (Å²) in [5, 5.41) is 0. The highest BCUT2D eigenvalue weighted by Gasteiger charge is 2.45. The SMILES string of the molecule is CC1CCC(C(C)(C2=CC=CCC2)C2CCCC2)CC1. The van der Waals surface area contributed by atoms with Crippen molar-refractivity contribution < 1.29 is 0 Å². The lowest BCUT2D eigenvalue weighted by molar-refractivity contribution is 0.0874. The van der Waals surface area contributed by atoms with Crippen LogP contribution in [0.1, 0.15) is 78.1 Å². The van der Waals surface area contributed by atoms with Gasteiger partial charge in [-0.15, -0.1) is 0 Å². The summed E-state index contributed by atoms with van der Waals surface area (Å²) in [6, 6.07) is 0. The Kier molecular flexibility index (Phi) is 4.38. The van der Waals surface area contributed by atoms with Crippen molar-refractivity contribution in [3.8, 4) is 0 Å². The van der Waals surface area contributed by atoms with Gasteiger partial charge in [-0.05, 0) is 61.7 Å². The summed E-state index contributed by atoms with van der Waals surface area (Å²) >= 11 is 0. The lowest BCUT2D eigenvalue weighted by atomic mass is 9.57. The summed E-state index contributed by atoms with van der Waals surface area (Å²) in [6.45, 7) is 5.10. The molecule has 3 rings (SSSR count). The molecule has 2 saturated carbocycles. The van der Waals surface area contributed by atoms with Crippen molar-refractivity contribution in [1.29, 1.82) is 0 Å². The van der Waals surface area contributed by atoms with E-state index in [4.69, 9.17) is 0 Å². The fourth-order valence-electron chi connectivity index (χ4n) is 5.29. The van der Waals surface area contributed by atoms with Crippen LogP contribution in [0, 0.1) is 23.2 Å². The Hall–Kier alpha value is -0.520. The lowest BCUT2D eigenvalue weighted by Gasteiger charge is -2.48. The minimum Gasteiger partial charge on any atom is -0.0842 e. The maximum atomic E-state index is 2.65. The average molecular weight is 272 g/mol. The molecule has 0 spiro atoms. The molecule has 0 aromatic heterocycles. The second kappa shape index (κ2) is 6.08. The minimum absolute atomic E-state index is 0.515. The highest BCUT2D eigenvalue weighted by Crippen LogP contribution is 2.55. The third kappa shape index (κ3) is 2.63. The molecule has 0 N–H and O–H groups in total. The van der Waals surface area contributed by atoms with Crippen LogP contribution >= 0.6 is 0 Å². The van der Waals surface area contributed by atoms with Crippen LogP contribution in [0.2, 0.25) is 0 Å². The molecule has 0 aromatic rings. The highest BCUT2D eigenvalue weighted by molar-refractivity contribution is 5.26. The van der Waals surface area contributed by atoms with Gasteiger partial charge in [0.2, 0.25) is 0 Å². The van der Waals surface area contributed by atoms with Crippen LogP contribution in [0.25, 0.3) is 0 Å². The lowest BCUT2D eigenvalue weighted by Crippen LogP contribution is -2.38. The van der Waals surface area contributed by atoms with Gasteiger partial charge < -0.3 is 0 Å². The number of rotatable bonds is 3. The van der Waals surface area contributed by atoms with Crippen LogP contribution in [0.15, 0.2) is 23.8 Å². The van der Waals surface area contributed by atoms with Crippen molar-refractivity contribution in [1.82, 2.24) is 0 Å². The van der Waals surface area contributed by atoms with Gasteiger partial charge in [-0.3, -0.25) is 0 Å². The van der Waals surface area contributed by atoms with Crippen LogP contribution in [-0.4, -0.2) is 0 Å². The monoisotopic (exact) mass is 272 g/mol. The van der Waals surface area contributed by atoms with E-state index in [-0.39, 0.29) is 0 Å². The Balaban J connectivity index is 1.86. The fourth-order valence-corrected chi connectivity index (χ4v) is 5.29. The molecule has 0 saturated heterocycles. The van der Waals surface area contributed by atoms with Gasteiger partial charge in [0.25, 0.3) is 0 Å². The topological polar surface area (TPSA) is 0 Å². The molecule has 0 aliphatic heterocycles. The Morgan fingerprint density at radius 2 is 1.60 bits per heavy atom. The summed E-state index contributed by atoms with van der Waals surface area (Å²) in [5.41, 5.74) is 2.31. The molecule has 1 atom stereocenters. The molecule has 0 amide bonds. The van der Waals surface area contributed by atoms with Gasteiger partial charge in [-0.2, -0.15) is 0 Å². The Labute approximate surface area is 125 Å². The van der Waals surface area contributed by atoms with Crippen molar-refractivity contribution in [2.45, 2.75) is 78.1 Å². The van der Waals surface area contributed by atoms with Crippen LogP contribution < -0.4 is 0 Å². The standard InChI is InChI=1S/C20H32/c1-16-12-14-19(15-13-16)20(2,18-10-6-7-11-18)17-8-4-3-5-9-17/h3-4,8,16,18-19H,5-7,9-15H2,1-2H3. The minimum atomic E-state index is 0.515. The molecule has 0 aromatic carbocycles. The van der Waals surface area contributed by atoms with Crippen molar-refractivity contribution >= 4 is 0 Å². The Morgan fingerprint density at radius 1 is 0.950 bits per heavy atom. The van der Waals surface area contributed by atoms with Crippen LogP contribution in [0.3, 0.4) is 0 Å². The summed E-state index contributed by atoms with van der Waals surface area (Å²) < 4.78 is 0.